The first kappa shape index (κ1) is 12.0. The van der Waals surface area contributed by atoms with Gasteiger partial charge in [0.2, 0.25) is 5.95 Å². The first-order valence-electron chi connectivity index (χ1n) is 5.31. The molecule has 0 amide bonds. The van der Waals surface area contributed by atoms with Crippen LogP contribution < -0.4 is 5.32 Å². The van der Waals surface area contributed by atoms with E-state index in [1.54, 1.807) is 24.0 Å². The van der Waals surface area contributed by atoms with Crippen LogP contribution >= 0.6 is 0 Å². The Kier molecular flexibility index (Phi) is 3.46. The average molecular weight is 248 g/mol. The van der Waals surface area contributed by atoms with E-state index in [1.165, 1.54) is 6.20 Å². The summed E-state index contributed by atoms with van der Waals surface area (Å²) in [7, 11) is 0. The Hall–Kier alpha value is -2.51. The summed E-state index contributed by atoms with van der Waals surface area (Å²) >= 11 is 0. The predicted molar refractivity (Wildman–Crippen MR) is 62.2 cm³/mol. The number of hydrogen-bond acceptors (Lipinski definition) is 6. The van der Waals surface area contributed by atoms with Crippen LogP contribution in [0.4, 0.5) is 5.95 Å². The van der Waals surface area contributed by atoms with Crippen molar-refractivity contribution < 1.29 is 9.90 Å². The first-order chi connectivity index (χ1) is 8.66. The van der Waals surface area contributed by atoms with E-state index in [0.29, 0.717) is 24.7 Å². The molecule has 18 heavy (non-hydrogen) atoms. The van der Waals surface area contributed by atoms with Crippen LogP contribution in [0.3, 0.4) is 0 Å². The van der Waals surface area contributed by atoms with Crippen LogP contribution in [0.2, 0.25) is 0 Å². The van der Waals surface area contributed by atoms with Crippen molar-refractivity contribution in [3.63, 3.8) is 0 Å². The van der Waals surface area contributed by atoms with Gasteiger partial charge in [-0.15, -0.1) is 5.10 Å². The molecular formula is C10H12N6O2. The smallest absolute Gasteiger partial charge is 0.339 e. The van der Waals surface area contributed by atoms with Gasteiger partial charge in [-0.05, 0) is 6.92 Å². The summed E-state index contributed by atoms with van der Waals surface area (Å²) in [6.07, 6.45) is 4.64. The van der Waals surface area contributed by atoms with E-state index < -0.39 is 5.97 Å². The van der Waals surface area contributed by atoms with Crippen molar-refractivity contribution in [1.82, 2.24) is 25.0 Å². The van der Waals surface area contributed by atoms with Gasteiger partial charge in [0.1, 0.15) is 0 Å². The van der Waals surface area contributed by atoms with E-state index in [2.05, 4.69) is 25.6 Å². The topological polar surface area (TPSA) is 106 Å². The minimum Gasteiger partial charge on any atom is -0.478 e. The molecule has 2 heterocycles. The van der Waals surface area contributed by atoms with E-state index in [0.717, 1.165) is 0 Å². The van der Waals surface area contributed by atoms with E-state index in [9.17, 15) is 4.79 Å². The second-order valence-electron chi connectivity index (χ2n) is 3.59. The maximum atomic E-state index is 10.8. The number of carboxylic acid groups (broad SMARTS) is 1. The van der Waals surface area contributed by atoms with Crippen LogP contribution in [0.5, 0.6) is 0 Å². The molecule has 2 N–H and O–H groups in total. The number of aromatic nitrogens is 5. The van der Waals surface area contributed by atoms with Gasteiger partial charge in [-0.1, -0.05) is 5.21 Å². The molecule has 8 nitrogen and oxygen atoms in total. The number of aryl methyl sites for hydroxylation is 1. The van der Waals surface area contributed by atoms with E-state index in [-0.39, 0.29) is 5.56 Å². The Labute approximate surface area is 103 Å². The monoisotopic (exact) mass is 248 g/mol. The Morgan fingerprint density at radius 1 is 1.56 bits per heavy atom. The predicted octanol–water partition coefficient (Wildman–Crippen LogP) is 0.187. The van der Waals surface area contributed by atoms with Crippen LogP contribution in [-0.4, -0.2) is 42.6 Å². The molecule has 8 heteroatoms. The highest BCUT2D eigenvalue weighted by Gasteiger charge is 2.09. The summed E-state index contributed by atoms with van der Waals surface area (Å²) in [5, 5.41) is 19.3. The highest BCUT2D eigenvalue weighted by atomic mass is 16.4. The van der Waals surface area contributed by atoms with Gasteiger partial charge < -0.3 is 10.4 Å². The van der Waals surface area contributed by atoms with Crippen molar-refractivity contribution in [1.29, 1.82) is 0 Å². The average Bonchev–Trinajstić information content (AvgIpc) is 2.81. The fraction of sp³-hybridized carbons (Fsp3) is 0.300. The molecule has 0 saturated carbocycles. The SMILES string of the molecule is Cc1nc(NCCn2ccnn2)ncc1C(=O)O. The van der Waals surface area contributed by atoms with E-state index >= 15 is 0 Å². The molecule has 0 aromatic carbocycles. The largest absolute Gasteiger partial charge is 0.478 e. The van der Waals surface area contributed by atoms with Gasteiger partial charge in [-0.25, -0.2) is 14.8 Å². The van der Waals surface area contributed by atoms with Gasteiger partial charge in [0.05, 0.1) is 24.0 Å². The Morgan fingerprint density at radius 2 is 2.39 bits per heavy atom. The molecule has 2 rings (SSSR count). The van der Waals surface area contributed by atoms with Crippen LogP contribution in [0, 0.1) is 6.92 Å². The number of nitrogens with one attached hydrogen (secondary N) is 1. The van der Waals surface area contributed by atoms with Crippen molar-refractivity contribution in [3.05, 3.63) is 29.8 Å². The fourth-order valence-electron chi connectivity index (χ4n) is 1.40. The number of nitrogens with zero attached hydrogens (tertiary/aromatic N) is 5. The maximum absolute atomic E-state index is 10.8. The number of rotatable bonds is 5. The van der Waals surface area contributed by atoms with Crippen LogP contribution in [0.25, 0.3) is 0 Å². The van der Waals surface area contributed by atoms with Crippen molar-refractivity contribution in [3.8, 4) is 0 Å². The molecule has 0 aliphatic rings. The Morgan fingerprint density at radius 3 is 3.00 bits per heavy atom. The van der Waals surface area contributed by atoms with Crippen molar-refractivity contribution in [2.75, 3.05) is 11.9 Å². The second kappa shape index (κ2) is 5.21. The number of carboxylic acids is 1. The van der Waals surface area contributed by atoms with Gasteiger partial charge in [0.15, 0.2) is 0 Å². The van der Waals surface area contributed by atoms with Gasteiger partial charge in [0, 0.05) is 18.9 Å². The van der Waals surface area contributed by atoms with Crippen molar-refractivity contribution >= 4 is 11.9 Å². The number of carbonyl (C=O) groups is 1. The third-order valence-corrected chi connectivity index (χ3v) is 2.31. The zero-order chi connectivity index (χ0) is 13.0. The Bertz CT molecular complexity index is 539. The molecule has 0 atom stereocenters. The number of aromatic carboxylic acids is 1. The van der Waals surface area contributed by atoms with Gasteiger partial charge in [-0.2, -0.15) is 0 Å². The minimum atomic E-state index is -1.03. The number of anilines is 1. The molecule has 0 unspecified atom stereocenters. The third kappa shape index (κ3) is 2.78. The van der Waals surface area contributed by atoms with Crippen LogP contribution in [0.15, 0.2) is 18.6 Å². The summed E-state index contributed by atoms with van der Waals surface area (Å²) in [4.78, 5) is 18.8. The zero-order valence-electron chi connectivity index (χ0n) is 9.74. The molecular weight excluding hydrogens is 236 g/mol. The fourth-order valence-corrected chi connectivity index (χ4v) is 1.40. The zero-order valence-corrected chi connectivity index (χ0v) is 9.74. The molecule has 0 radical (unpaired) electrons. The lowest BCUT2D eigenvalue weighted by Crippen LogP contribution is -2.14. The van der Waals surface area contributed by atoms with Gasteiger partial charge >= 0.3 is 5.97 Å². The lowest BCUT2D eigenvalue weighted by molar-refractivity contribution is 0.0695. The lowest BCUT2D eigenvalue weighted by atomic mass is 10.2. The van der Waals surface area contributed by atoms with Crippen molar-refractivity contribution in [2.24, 2.45) is 0 Å². The van der Waals surface area contributed by atoms with Crippen molar-refractivity contribution in [2.45, 2.75) is 13.5 Å². The molecule has 0 saturated heterocycles. The van der Waals surface area contributed by atoms with Crippen LogP contribution in [0.1, 0.15) is 16.1 Å². The standard InChI is InChI=1S/C10H12N6O2/c1-7-8(9(17)18)6-12-10(14-7)11-2-4-16-5-3-13-15-16/h3,5-6H,2,4H2,1H3,(H,17,18)(H,11,12,14). The highest BCUT2D eigenvalue weighted by molar-refractivity contribution is 5.88. The summed E-state index contributed by atoms with van der Waals surface area (Å²) in [6.45, 7) is 2.84. The van der Waals surface area contributed by atoms with Gasteiger partial charge in [-0.3, -0.25) is 4.68 Å². The lowest BCUT2D eigenvalue weighted by Gasteiger charge is -2.06. The number of hydrogen-bond donors (Lipinski definition) is 2. The molecule has 0 aliphatic heterocycles. The molecule has 0 spiro atoms. The summed E-state index contributed by atoms with van der Waals surface area (Å²) in [6, 6.07) is 0. The second-order valence-corrected chi connectivity index (χ2v) is 3.59. The normalized spacial score (nSPS) is 10.3. The summed E-state index contributed by atoms with van der Waals surface area (Å²) in [5.74, 6) is -0.626. The van der Waals surface area contributed by atoms with Crippen LogP contribution in [-0.2, 0) is 6.54 Å². The third-order valence-electron chi connectivity index (χ3n) is 2.31. The quantitative estimate of drug-likeness (QED) is 0.777. The summed E-state index contributed by atoms with van der Waals surface area (Å²) < 4.78 is 1.67. The Balaban J connectivity index is 1.94. The van der Waals surface area contributed by atoms with Gasteiger partial charge in [0.25, 0.3) is 0 Å². The molecule has 0 aliphatic carbocycles. The molecule has 0 bridgehead atoms. The van der Waals surface area contributed by atoms with E-state index in [4.69, 9.17) is 5.11 Å². The minimum absolute atomic E-state index is 0.108. The molecule has 2 aromatic rings. The molecule has 0 fully saturated rings. The van der Waals surface area contributed by atoms with E-state index in [1.807, 2.05) is 0 Å². The molecule has 94 valence electrons. The highest BCUT2D eigenvalue weighted by Crippen LogP contribution is 2.06. The first-order valence-corrected chi connectivity index (χ1v) is 5.31. The maximum Gasteiger partial charge on any atom is 0.339 e. The summed E-state index contributed by atoms with van der Waals surface area (Å²) in [5.41, 5.74) is 0.539. The molecule has 2 aromatic heterocycles.